The van der Waals surface area contributed by atoms with Crippen LogP contribution in [0.5, 0.6) is 5.75 Å². The first-order chi connectivity index (χ1) is 9.69. The molecule has 0 bridgehead atoms. The average molecular weight is 344 g/mol. The predicted octanol–water partition coefficient (Wildman–Crippen LogP) is 3.29. The summed E-state index contributed by atoms with van der Waals surface area (Å²) in [6.45, 7) is 2.03. The van der Waals surface area contributed by atoms with Crippen LogP contribution in [-0.4, -0.2) is 40.7 Å². The molecule has 112 valence electrons. The number of halogens is 1. The van der Waals surface area contributed by atoms with E-state index in [1.807, 2.05) is 6.07 Å². The van der Waals surface area contributed by atoms with Crippen molar-refractivity contribution in [3.63, 3.8) is 0 Å². The molecule has 1 saturated heterocycles. The van der Waals surface area contributed by atoms with Crippen LogP contribution in [0.4, 0.5) is 5.69 Å². The number of nitrogens with zero attached hydrogens (tertiary/aromatic N) is 1. The standard InChI is InChI=1S/C15H22BrNO3/c1-18-14-10-12(4-5-13(14)16)17-8-6-11(7-9-17)15(19-2)20-3/h4-5,10-11,15H,6-9H2,1-3H3. The quantitative estimate of drug-likeness (QED) is 0.767. The van der Waals surface area contributed by atoms with Gasteiger partial charge in [-0.15, -0.1) is 0 Å². The Bertz CT molecular complexity index is 429. The summed E-state index contributed by atoms with van der Waals surface area (Å²) in [5.41, 5.74) is 1.20. The van der Waals surface area contributed by atoms with Crippen molar-refractivity contribution in [1.82, 2.24) is 0 Å². The van der Waals surface area contributed by atoms with Crippen LogP contribution in [-0.2, 0) is 9.47 Å². The second-order valence-electron chi connectivity index (χ2n) is 4.98. The molecule has 0 N–H and O–H groups in total. The Balaban J connectivity index is 2.00. The topological polar surface area (TPSA) is 30.9 Å². The molecule has 5 heteroatoms. The van der Waals surface area contributed by atoms with Gasteiger partial charge in [0, 0.05) is 45.0 Å². The minimum atomic E-state index is -0.0865. The van der Waals surface area contributed by atoms with Crippen LogP contribution >= 0.6 is 15.9 Å². The molecule has 0 amide bonds. The Kier molecular flexibility index (Phi) is 5.69. The number of methoxy groups -OCH3 is 3. The molecule has 0 atom stereocenters. The molecule has 1 aromatic carbocycles. The van der Waals surface area contributed by atoms with Gasteiger partial charge in [0.1, 0.15) is 5.75 Å². The Morgan fingerprint density at radius 2 is 1.80 bits per heavy atom. The zero-order valence-corrected chi connectivity index (χ0v) is 13.9. The van der Waals surface area contributed by atoms with E-state index in [1.165, 1.54) is 5.69 Å². The smallest absolute Gasteiger partial charge is 0.159 e. The van der Waals surface area contributed by atoms with E-state index in [2.05, 4.69) is 33.0 Å². The maximum Gasteiger partial charge on any atom is 0.159 e. The number of benzene rings is 1. The lowest BCUT2D eigenvalue weighted by molar-refractivity contribution is -0.141. The molecule has 1 aliphatic rings. The van der Waals surface area contributed by atoms with Crippen molar-refractivity contribution in [2.45, 2.75) is 19.1 Å². The van der Waals surface area contributed by atoms with Gasteiger partial charge >= 0.3 is 0 Å². The lowest BCUT2D eigenvalue weighted by atomic mass is 9.95. The molecule has 0 unspecified atom stereocenters. The summed E-state index contributed by atoms with van der Waals surface area (Å²) in [7, 11) is 5.11. The van der Waals surface area contributed by atoms with E-state index < -0.39 is 0 Å². The van der Waals surface area contributed by atoms with Gasteiger partial charge in [-0.3, -0.25) is 0 Å². The fraction of sp³-hybridized carbons (Fsp3) is 0.600. The van der Waals surface area contributed by atoms with E-state index in [9.17, 15) is 0 Å². The molecule has 1 aliphatic heterocycles. The van der Waals surface area contributed by atoms with Crippen molar-refractivity contribution < 1.29 is 14.2 Å². The van der Waals surface area contributed by atoms with Crippen molar-refractivity contribution in [3.8, 4) is 5.75 Å². The fourth-order valence-corrected chi connectivity index (χ4v) is 3.16. The van der Waals surface area contributed by atoms with Crippen LogP contribution in [0.1, 0.15) is 12.8 Å². The predicted molar refractivity (Wildman–Crippen MR) is 83.4 cm³/mol. The zero-order valence-electron chi connectivity index (χ0n) is 12.3. The van der Waals surface area contributed by atoms with E-state index in [1.54, 1.807) is 21.3 Å². The lowest BCUT2D eigenvalue weighted by Crippen LogP contribution is -2.39. The highest BCUT2D eigenvalue weighted by Gasteiger charge is 2.26. The number of ether oxygens (including phenoxy) is 3. The molecule has 0 spiro atoms. The fourth-order valence-electron chi connectivity index (χ4n) is 2.76. The summed E-state index contributed by atoms with van der Waals surface area (Å²) in [6.07, 6.45) is 2.06. The first-order valence-electron chi connectivity index (χ1n) is 6.83. The summed E-state index contributed by atoms with van der Waals surface area (Å²) in [6, 6.07) is 6.24. The van der Waals surface area contributed by atoms with Gasteiger partial charge in [-0.25, -0.2) is 0 Å². The molecule has 0 radical (unpaired) electrons. The lowest BCUT2D eigenvalue weighted by Gasteiger charge is -2.36. The summed E-state index contributed by atoms with van der Waals surface area (Å²) >= 11 is 3.49. The minimum Gasteiger partial charge on any atom is -0.495 e. The molecule has 2 rings (SSSR count). The van der Waals surface area contributed by atoms with E-state index in [4.69, 9.17) is 14.2 Å². The first kappa shape index (κ1) is 15.6. The summed E-state index contributed by atoms with van der Waals surface area (Å²) < 4.78 is 17.1. The Hall–Kier alpha value is -0.780. The Morgan fingerprint density at radius 1 is 1.15 bits per heavy atom. The second-order valence-corrected chi connectivity index (χ2v) is 5.84. The maximum atomic E-state index is 5.37. The third kappa shape index (κ3) is 3.45. The van der Waals surface area contributed by atoms with Gasteiger partial charge in [-0.2, -0.15) is 0 Å². The largest absolute Gasteiger partial charge is 0.495 e. The molecule has 1 heterocycles. The van der Waals surface area contributed by atoms with Crippen molar-refractivity contribution in [2.75, 3.05) is 39.3 Å². The van der Waals surface area contributed by atoms with Gasteiger partial charge in [0.15, 0.2) is 6.29 Å². The minimum absolute atomic E-state index is 0.0865. The highest BCUT2D eigenvalue weighted by molar-refractivity contribution is 9.10. The molecular weight excluding hydrogens is 322 g/mol. The van der Waals surface area contributed by atoms with E-state index >= 15 is 0 Å². The van der Waals surface area contributed by atoms with Crippen LogP contribution in [0.15, 0.2) is 22.7 Å². The van der Waals surface area contributed by atoms with Crippen LogP contribution in [0, 0.1) is 5.92 Å². The SMILES string of the molecule is COc1cc(N2CCC(C(OC)OC)CC2)ccc1Br. The molecule has 20 heavy (non-hydrogen) atoms. The van der Waals surface area contributed by atoms with Crippen LogP contribution in [0.2, 0.25) is 0 Å². The summed E-state index contributed by atoms with van der Waals surface area (Å²) in [4.78, 5) is 2.38. The van der Waals surface area contributed by atoms with E-state index in [0.29, 0.717) is 5.92 Å². The van der Waals surface area contributed by atoms with Crippen LogP contribution in [0.25, 0.3) is 0 Å². The average Bonchev–Trinajstić information content (AvgIpc) is 2.50. The normalized spacial score (nSPS) is 16.8. The molecule has 0 aromatic heterocycles. The number of rotatable bonds is 5. The van der Waals surface area contributed by atoms with Gasteiger partial charge in [0.05, 0.1) is 11.6 Å². The molecule has 1 aromatic rings. The van der Waals surface area contributed by atoms with Crippen LogP contribution in [0.3, 0.4) is 0 Å². The summed E-state index contributed by atoms with van der Waals surface area (Å²) in [5.74, 6) is 1.34. The molecule has 4 nitrogen and oxygen atoms in total. The van der Waals surface area contributed by atoms with Gasteiger partial charge < -0.3 is 19.1 Å². The Morgan fingerprint density at radius 3 is 2.35 bits per heavy atom. The highest BCUT2D eigenvalue weighted by atomic mass is 79.9. The van der Waals surface area contributed by atoms with Gasteiger partial charge in [-0.05, 0) is 40.9 Å². The molecule has 1 fully saturated rings. The monoisotopic (exact) mass is 343 g/mol. The third-order valence-corrected chi connectivity index (χ3v) is 4.54. The number of hydrogen-bond donors (Lipinski definition) is 0. The maximum absolute atomic E-state index is 5.37. The summed E-state index contributed by atoms with van der Waals surface area (Å²) in [5, 5.41) is 0. The number of anilines is 1. The highest BCUT2D eigenvalue weighted by Crippen LogP contribution is 2.32. The van der Waals surface area contributed by atoms with Gasteiger partial charge in [-0.1, -0.05) is 0 Å². The molecular formula is C15H22BrNO3. The zero-order chi connectivity index (χ0) is 14.5. The van der Waals surface area contributed by atoms with Crippen molar-refractivity contribution in [1.29, 1.82) is 0 Å². The molecule has 0 saturated carbocycles. The van der Waals surface area contributed by atoms with E-state index in [0.717, 1.165) is 36.2 Å². The molecule has 0 aliphatic carbocycles. The van der Waals surface area contributed by atoms with Gasteiger partial charge in [0.2, 0.25) is 0 Å². The number of piperidine rings is 1. The van der Waals surface area contributed by atoms with E-state index in [-0.39, 0.29) is 6.29 Å². The van der Waals surface area contributed by atoms with Gasteiger partial charge in [0.25, 0.3) is 0 Å². The van der Waals surface area contributed by atoms with Crippen molar-refractivity contribution in [2.24, 2.45) is 5.92 Å². The Labute approximate surface area is 129 Å². The number of hydrogen-bond acceptors (Lipinski definition) is 4. The third-order valence-electron chi connectivity index (χ3n) is 3.89. The van der Waals surface area contributed by atoms with Crippen molar-refractivity contribution in [3.05, 3.63) is 22.7 Å². The van der Waals surface area contributed by atoms with Crippen molar-refractivity contribution >= 4 is 21.6 Å². The second kappa shape index (κ2) is 7.29. The first-order valence-corrected chi connectivity index (χ1v) is 7.63. The van der Waals surface area contributed by atoms with Crippen LogP contribution < -0.4 is 9.64 Å².